The van der Waals surface area contributed by atoms with Crippen molar-refractivity contribution in [1.82, 2.24) is 10.2 Å². The molecule has 1 fully saturated rings. The van der Waals surface area contributed by atoms with E-state index in [0.717, 1.165) is 5.56 Å². The van der Waals surface area contributed by atoms with E-state index in [1.165, 1.54) is 0 Å². The van der Waals surface area contributed by atoms with E-state index in [1.54, 1.807) is 44.2 Å². The summed E-state index contributed by atoms with van der Waals surface area (Å²) in [4.78, 5) is 26.2. The predicted octanol–water partition coefficient (Wildman–Crippen LogP) is 0.610. The highest BCUT2D eigenvalue weighted by atomic mass is 16.5. The summed E-state index contributed by atoms with van der Waals surface area (Å²) >= 11 is 0. The highest BCUT2D eigenvalue weighted by Crippen LogP contribution is 2.27. The maximum atomic E-state index is 12.3. The Morgan fingerprint density at radius 2 is 1.88 bits per heavy atom. The van der Waals surface area contributed by atoms with Gasteiger partial charge in [-0.25, -0.2) is 0 Å². The van der Waals surface area contributed by atoms with E-state index in [4.69, 9.17) is 14.2 Å². The number of ether oxygens (including phenoxy) is 3. The van der Waals surface area contributed by atoms with Crippen LogP contribution in [-0.4, -0.2) is 63.3 Å². The SMILES string of the molecule is COc1ccc(CC(=O)N[C@@H](C)C(=O)N2CCOCC2)cc1OC. The van der Waals surface area contributed by atoms with Crippen molar-refractivity contribution in [2.24, 2.45) is 0 Å². The van der Waals surface area contributed by atoms with Crippen LogP contribution < -0.4 is 14.8 Å². The third kappa shape index (κ3) is 4.61. The second-order valence-electron chi connectivity index (χ2n) is 5.59. The maximum Gasteiger partial charge on any atom is 0.245 e. The minimum absolute atomic E-state index is 0.0843. The quantitative estimate of drug-likeness (QED) is 0.824. The zero-order valence-corrected chi connectivity index (χ0v) is 14.3. The molecule has 0 saturated carbocycles. The topological polar surface area (TPSA) is 77.1 Å². The lowest BCUT2D eigenvalue weighted by atomic mass is 10.1. The fraction of sp³-hybridized carbons (Fsp3) is 0.529. The number of nitrogens with one attached hydrogen (secondary N) is 1. The van der Waals surface area contributed by atoms with Gasteiger partial charge in [-0.3, -0.25) is 9.59 Å². The molecule has 1 aliphatic heterocycles. The van der Waals surface area contributed by atoms with E-state index in [-0.39, 0.29) is 18.2 Å². The molecule has 0 spiro atoms. The molecule has 0 aliphatic carbocycles. The summed E-state index contributed by atoms with van der Waals surface area (Å²) in [6, 6.07) is 4.75. The highest BCUT2D eigenvalue weighted by Gasteiger charge is 2.23. The van der Waals surface area contributed by atoms with Crippen molar-refractivity contribution in [1.29, 1.82) is 0 Å². The average molecular weight is 336 g/mol. The van der Waals surface area contributed by atoms with E-state index < -0.39 is 6.04 Å². The van der Waals surface area contributed by atoms with Gasteiger partial charge in [0.15, 0.2) is 11.5 Å². The van der Waals surface area contributed by atoms with E-state index in [9.17, 15) is 9.59 Å². The van der Waals surface area contributed by atoms with E-state index in [0.29, 0.717) is 37.8 Å². The number of rotatable bonds is 6. The van der Waals surface area contributed by atoms with Gasteiger partial charge in [0.2, 0.25) is 11.8 Å². The summed E-state index contributed by atoms with van der Waals surface area (Å²) in [6.07, 6.45) is 0.168. The minimum atomic E-state index is -0.559. The van der Waals surface area contributed by atoms with Crippen LogP contribution in [0.4, 0.5) is 0 Å². The van der Waals surface area contributed by atoms with Crippen LogP contribution in [0, 0.1) is 0 Å². The molecular formula is C17H24N2O5. The van der Waals surface area contributed by atoms with Crippen molar-refractivity contribution in [3.8, 4) is 11.5 Å². The first-order chi connectivity index (χ1) is 11.5. The largest absolute Gasteiger partial charge is 0.493 e. The Kier molecular flexibility index (Phi) is 6.43. The van der Waals surface area contributed by atoms with Crippen molar-refractivity contribution in [3.63, 3.8) is 0 Å². The summed E-state index contributed by atoms with van der Waals surface area (Å²) < 4.78 is 15.6. The summed E-state index contributed by atoms with van der Waals surface area (Å²) in [5.41, 5.74) is 0.788. The molecule has 1 aromatic carbocycles. The number of morpholine rings is 1. The number of methoxy groups -OCH3 is 2. The molecule has 1 aliphatic rings. The molecule has 1 heterocycles. The third-order valence-electron chi connectivity index (χ3n) is 3.88. The van der Waals surface area contributed by atoms with Crippen LogP contribution in [0.2, 0.25) is 0 Å². The fourth-order valence-corrected chi connectivity index (χ4v) is 2.59. The first-order valence-corrected chi connectivity index (χ1v) is 7.92. The molecule has 1 atom stereocenters. The average Bonchev–Trinajstić information content (AvgIpc) is 2.61. The molecule has 0 bridgehead atoms. The van der Waals surface area contributed by atoms with Crippen molar-refractivity contribution in [3.05, 3.63) is 23.8 Å². The lowest BCUT2D eigenvalue weighted by Gasteiger charge is -2.29. The van der Waals surface area contributed by atoms with Gasteiger partial charge < -0.3 is 24.4 Å². The maximum absolute atomic E-state index is 12.3. The molecule has 2 amide bonds. The first kappa shape index (κ1) is 18.1. The van der Waals surface area contributed by atoms with Gasteiger partial charge in [-0.05, 0) is 24.6 Å². The number of carbonyl (C=O) groups excluding carboxylic acids is 2. The molecule has 24 heavy (non-hydrogen) atoms. The molecular weight excluding hydrogens is 312 g/mol. The number of hydrogen-bond donors (Lipinski definition) is 1. The zero-order chi connectivity index (χ0) is 17.5. The van der Waals surface area contributed by atoms with E-state index >= 15 is 0 Å². The van der Waals surface area contributed by atoms with Gasteiger partial charge in [0.1, 0.15) is 6.04 Å². The number of benzene rings is 1. The summed E-state index contributed by atoms with van der Waals surface area (Å²) in [5.74, 6) is 0.882. The van der Waals surface area contributed by atoms with Gasteiger partial charge in [-0.1, -0.05) is 6.07 Å². The molecule has 1 N–H and O–H groups in total. The van der Waals surface area contributed by atoms with Gasteiger partial charge in [-0.2, -0.15) is 0 Å². The summed E-state index contributed by atoms with van der Waals surface area (Å²) in [5, 5.41) is 2.75. The number of carbonyl (C=O) groups is 2. The lowest BCUT2D eigenvalue weighted by Crippen LogP contribution is -2.50. The molecule has 2 rings (SSSR count). The minimum Gasteiger partial charge on any atom is -0.493 e. The fourth-order valence-electron chi connectivity index (χ4n) is 2.59. The Morgan fingerprint density at radius 3 is 2.50 bits per heavy atom. The molecule has 7 nitrogen and oxygen atoms in total. The molecule has 132 valence electrons. The molecule has 1 saturated heterocycles. The molecule has 0 unspecified atom stereocenters. The molecule has 0 radical (unpaired) electrons. The van der Waals surface area contributed by atoms with Crippen molar-refractivity contribution >= 4 is 11.8 Å². The Balaban J connectivity index is 1.91. The summed E-state index contributed by atoms with van der Waals surface area (Å²) in [6.45, 7) is 3.91. The second-order valence-corrected chi connectivity index (χ2v) is 5.59. The van der Waals surface area contributed by atoms with Gasteiger partial charge in [0.05, 0.1) is 33.9 Å². The van der Waals surface area contributed by atoms with E-state index in [2.05, 4.69) is 5.32 Å². The number of nitrogens with zero attached hydrogens (tertiary/aromatic N) is 1. The highest BCUT2D eigenvalue weighted by molar-refractivity contribution is 5.88. The Hall–Kier alpha value is -2.28. The van der Waals surface area contributed by atoms with Crippen LogP contribution in [0.15, 0.2) is 18.2 Å². The molecule has 1 aromatic rings. The third-order valence-corrected chi connectivity index (χ3v) is 3.88. The van der Waals surface area contributed by atoms with Crippen LogP contribution in [0.3, 0.4) is 0 Å². The lowest BCUT2D eigenvalue weighted by molar-refractivity contribution is -0.139. The standard InChI is InChI=1S/C17H24N2O5/c1-12(17(21)19-6-8-24-9-7-19)18-16(20)11-13-4-5-14(22-2)15(10-13)23-3/h4-5,10,12H,6-9,11H2,1-3H3,(H,18,20)/t12-/m0/s1. The van der Waals surface area contributed by atoms with Gasteiger partial charge in [0.25, 0.3) is 0 Å². The Morgan fingerprint density at radius 1 is 1.21 bits per heavy atom. The monoisotopic (exact) mass is 336 g/mol. The van der Waals surface area contributed by atoms with Crippen LogP contribution in [0.1, 0.15) is 12.5 Å². The first-order valence-electron chi connectivity index (χ1n) is 7.92. The van der Waals surface area contributed by atoms with Crippen molar-refractivity contribution in [2.45, 2.75) is 19.4 Å². The van der Waals surface area contributed by atoms with Gasteiger partial charge >= 0.3 is 0 Å². The Labute approximate surface area is 141 Å². The Bertz CT molecular complexity index is 584. The van der Waals surface area contributed by atoms with Gasteiger partial charge in [0, 0.05) is 13.1 Å². The van der Waals surface area contributed by atoms with Crippen molar-refractivity contribution in [2.75, 3.05) is 40.5 Å². The second kappa shape index (κ2) is 8.54. The van der Waals surface area contributed by atoms with Gasteiger partial charge in [-0.15, -0.1) is 0 Å². The van der Waals surface area contributed by atoms with Crippen molar-refractivity contribution < 1.29 is 23.8 Å². The zero-order valence-electron chi connectivity index (χ0n) is 14.3. The predicted molar refractivity (Wildman–Crippen MR) is 88.3 cm³/mol. The van der Waals surface area contributed by atoms with Crippen LogP contribution in [0.5, 0.6) is 11.5 Å². The number of amides is 2. The molecule has 0 aromatic heterocycles. The molecule has 7 heteroatoms. The smallest absolute Gasteiger partial charge is 0.245 e. The number of hydrogen-bond acceptors (Lipinski definition) is 5. The van der Waals surface area contributed by atoms with E-state index in [1.807, 2.05) is 0 Å². The van der Waals surface area contributed by atoms with Crippen LogP contribution in [0.25, 0.3) is 0 Å². The van der Waals surface area contributed by atoms with Crippen LogP contribution in [-0.2, 0) is 20.7 Å². The van der Waals surface area contributed by atoms with Crippen LogP contribution >= 0.6 is 0 Å². The summed E-state index contributed by atoms with van der Waals surface area (Å²) in [7, 11) is 3.11. The normalized spacial score (nSPS) is 15.5.